The van der Waals surface area contributed by atoms with Gasteiger partial charge in [0, 0.05) is 0 Å². The Morgan fingerprint density at radius 1 is 1.21 bits per heavy atom. The van der Waals surface area contributed by atoms with Crippen molar-refractivity contribution in [1.29, 1.82) is 0 Å². The molecule has 132 valence electrons. The Morgan fingerprint density at radius 2 is 1.88 bits per heavy atom. The Morgan fingerprint density at radius 3 is 2.42 bits per heavy atom. The van der Waals surface area contributed by atoms with Crippen molar-refractivity contribution in [3.8, 4) is 0 Å². The minimum absolute atomic E-state index is 0.319. The lowest BCUT2D eigenvalue weighted by Gasteiger charge is -2.25. The van der Waals surface area contributed by atoms with E-state index in [0.29, 0.717) is 18.0 Å². The van der Waals surface area contributed by atoms with Crippen LogP contribution in [0, 0.1) is 0 Å². The molecule has 0 bridgehead atoms. The maximum atomic E-state index is 12.7. The lowest BCUT2D eigenvalue weighted by atomic mass is 9.88. The van der Waals surface area contributed by atoms with E-state index in [4.69, 9.17) is 0 Å². The Balaban J connectivity index is 2.04. The topological polar surface area (TPSA) is 104 Å². The number of rotatable bonds is 8. The van der Waals surface area contributed by atoms with Crippen molar-refractivity contribution in [2.24, 2.45) is 0 Å². The van der Waals surface area contributed by atoms with Crippen molar-refractivity contribution in [2.75, 3.05) is 11.9 Å². The zero-order valence-electron chi connectivity index (χ0n) is 14.2. The summed E-state index contributed by atoms with van der Waals surface area (Å²) in [6.45, 7) is 5.56. The van der Waals surface area contributed by atoms with Crippen molar-refractivity contribution in [3.63, 3.8) is 0 Å². The molecule has 0 aliphatic carbocycles. The quantitative estimate of drug-likeness (QED) is 0.695. The molecule has 9 heteroatoms. The SMILES string of the molecule is CCCC1(CCC)NC(=O)N(CC(=O)Nc2nnc(CC)s2)C1=O. The van der Waals surface area contributed by atoms with E-state index in [9.17, 15) is 14.4 Å². The summed E-state index contributed by atoms with van der Waals surface area (Å²) in [4.78, 5) is 38.0. The number of urea groups is 1. The van der Waals surface area contributed by atoms with Gasteiger partial charge in [0.25, 0.3) is 5.91 Å². The van der Waals surface area contributed by atoms with Crippen LogP contribution in [0.15, 0.2) is 0 Å². The lowest BCUT2D eigenvalue weighted by Crippen LogP contribution is -2.47. The van der Waals surface area contributed by atoms with Gasteiger partial charge < -0.3 is 5.32 Å². The van der Waals surface area contributed by atoms with Crippen LogP contribution in [0.25, 0.3) is 0 Å². The second-order valence-electron chi connectivity index (χ2n) is 5.81. The second kappa shape index (κ2) is 7.69. The number of hydrogen-bond donors (Lipinski definition) is 2. The highest BCUT2D eigenvalue weighted by atomic mass is 32.1. The number of anilines is 1. The molecular weight excluding hydrogens is 330 g/mol. The molecule has 2 rings (SSSR count). The van der Waals surface area contributed by atoms with Gasteiger partial charge in [0.05, 0.1) is 0 Å². The van der Waals surface area contributed by atoms with E-state index >= 15 is 0 Å². The van der Waals surface area contributed by atoms with Crippen LogP contribution in [0.5, 0.6) is 0 Å². The first-order valence-corrected chi connectivity index (χ1v) is 9.03. The Kier molecular flexibility index (Phi) is 5.87. The molecule has 2 heterocycles. The molecule has 0 aromatic carbocycles. The van der Waals surface area contributed by atoms with E-state index in [-0.39, 0.29) is 12.5 Å². The molecule has 1 aliphatic heterocycles. The molecule has 1 aromatic rings. The summed E-state index contributed by atoms with van der Waals surface area (Å²) in [7, 11) is 0. The summed E-state index contributed by atoms with van der Waals surface area (Å²) < 4.78 is 0. The van der Waals surface area contributed by atoms with Crippen molar-refractivity contribution in [1.82, 2.24) is 20.4 Å². The van der Waals surface area contributed by atoms with Crippen molar-refractivity contribution in [2.45, 2.75) is 58.4 Å². The standard InChI is InChI=1S/C15H23N5O3S/c1-4-7-15(8-5-2)12(22)20(14(23)17-15)9-10(21)16-13-19-18-11(6-3)24-13/h4-9H2,1-3H3,(H,17,23)(H,16,19,21). The first kappa shape index (κ1) is 18.3. The summed E-state index contributed by atoms with van der Waals surface area (Å²) in [6, 6.07) is -0.511. The molecule has 8 nitrogen and oxygen atoms in total. The number of nitrogens with one attached hydrogen (secondary N) is 2. The zero-order chi connectivity index (χ0) is 17.7. The summed E-state index contributed by atoms with van der Waals surface area (Å²) in [6.07, 6.45) is 3.42. The first-order chi connectivity index (χ1) is 11.5. The number of hydrogen-bond acceptors (Lipinski definition) is 6. The molecule has 4 amide bonds. The summed E-state index contributed by atoms with van der Waals surface area (Å²) in [5.74, 6) is -0.779. The number of carbonyl (C=O) groups excluding carboxylic acids is 3. The smallest absolute Gasteiger partial charge is 0.323 e. The monoisotopic (exact) mass is 353 g/mol. The van der Waals surface area contributed by atoms with E-state index in [1.807, 2.05) is 20.8 Å². The van der Waals surface area contributed by atoms with Gasteiger partial charge in [-0.2, -0.15) is 0 Å². The van der Waals surface area contributed by atoms with Crippen LogP contribution in [0.3, 0.4) is 0 Å². The van der Waals surface area contributed by atoms with Crippen LogP contribution in [0.2, 0.25) is 0 Å². The van der Waals surface area contributed by atoms with Gasteiger partial charge in [-0.25, -0.2) is 4.79 Å². The van der Waals surface area contributed by atoms with Crippen LogP contribution in [0.4, 0.5) is 9.93 Å². The molecule has 2 N–H and O–H groups in total. The summed E-state index contributed by atoms with van der Waals surface area (Å²) >= 11 is 1.28. The highest BCUT2D eigenvalue weighted by molar-refractivity contribution is 7.15. The van der Waals surface area contributed by atoms with Crippen LogP contribution >= 0.6 is 11.3 Å². The average molecular weight is 353 g/mol. The maximum absolute atomic E-state index is 12.7. The summed E-state index contributed by atoms with van der Waals surface area (Å²) in [5, 5.41) is 14.3. The van der Waals surface area contributed by atoms with Gasteiger partial charge in [0.2, 0.25) is 11.0 Å². The second-order valence-corrected chi connectivity index (χ2v) is 6.87. The molecular formula is C15H23N5O3S. The fourth-order valence-corrected chi connectivity index (χ4v) is 3.58. The third kappa shape index (κ3) is 3.72. The molecule has 0 saturated carbocycles. The number of aryl methyl sites for hydroxylation is 1. The van der Waals surface area contributed by atoms with Crippen LogP contribution in [0.1, 0.15) is 51.5 Å². The molecule has 1 saturated heterocycles. The van der Waals surface area contributed by atoms with Gasteiger partial charge in [-0.05, 0) is 19.3 Å². The van der Waals surface area contributed by atoms with Crippen molar-refractivity contribution >= 4 is 34.3 Å². The van der Waals surface area contributed by atoms with Gasteiger partial charge in [-0.3, -0.25) is 19.8 Å². The Bertz CT molecular complexity index is 624. The van der Waals surface area contributed by atoms with Gasteiger partial charge >= 0.3 is 6.03 Å². The third-order valence-electron chi connectivity index (χ3n) is 3.92. The van der Waals surface area contributed by atoms with Gasteiger partial charge in [0.15, 0.2) is 0 Å². The first-order valence-electron chi connectivity index (χ1n) is 8.22. The van der Waals surface area contributed by atoms with E-state index in [0.717, 1.165) is 29.2 Å². The average Bonchev–Trinajstić information content (AvgIpc) is 3.07. The zero-order valence-corrected chi connectivity index (χ0v) is 15.0. The van der Waals surface area contributed by atoms with Crippen molar-refractivity contribution < 1.29 is 14.4 Å². The van der Waals surface area contributed by atoms with Crippen LogP contribution < -0.4 is 10.6 Å². The fraction of sp³-hybridized carbons (Fsp3) is 0.667. The van der Waals surface area contributed by atoms with Crippen molar-refractivity contribution in [3.05, 3.63) is 5.01 Å². The minimum Gasteiger partial charge on any atom is -0.323 e. The van der Waals surface area contributed by atoms with Crippen LogP contribution in [-0.2, 0) is 16.0 Å². The predicted octanol–water partition coefficient (Wildman–Crippen LogP) is 1.93. The van der Waals surface area contributed by atoms with Gasteiger partial charge in [0.1, 0.15) is 17.1 Å². The molecule has 0 unspecified atom stereocenters. The highest BCUT2D eigenvalue weighted by Crippen LogP contribution is 2.28. The number of nitrogens with zero attached hydrogens (tertiary/aromatic N) is 3. The normalized spacial score (nSPS) is 16.4. The van der Waals surface area contributed by atoms with Gasteiger partial charge in [-0.15, -0.1) is 10.2 Å². The fourth-order valence-electron chi connectivity index (χ4n) is 2.89. The molecule has 0 spiro atoms. The Hall–Kier alpha value is -2.03. The minimum atomic E-state index is -0.876. The number of imide groups is 1. The van der Waals surface area contributed by atoms with E-state index in [2.05, 4.69) is 20.8 Å². The molecule has 0 atom stereocenters. The van der Waals surface area contributed by atoms with E-state index < -0.39 is 17.5 Å². The number of carbonyl (C=O) groups is 3. The molecule has 1 aromatic heterocycles. The van der Waals surface area contributed by atoms with Gasteiger partial charge in [-0.1, -0.05) is 44.9 Å². The number of aromatic nitrogens is 2. The molecule has 1 fully saturated rings. The Labute approximate surface area is 145 Å². The third-order valence-corrected chi connectivity index (χ3v) is 4.90. The largest absolute Gasteiger partial charge is 0.325 e. The maximum Gasteiger partial charge on any atom is 0.325 e. The summed E-state index contributed by atoms with van der Waals surface area (Å²) in [5.41, 5.74) is -0.876. The lowest BCUT2D eigenvalue weighted by molar-refractivity contribution is -0.134. The predicted molar refractivity (Wildman–Crippen MR) is 90.7 cm³/mol. The van der Waals surface area contributed by atoms with E-state index in [1.165, 1.54) is 11.3 Å². The molecule has 0 radical (unpaired) electrons. The molecule has 24 heavy (non-hydrogen) atoms. The highest BCUT2D eigenvalue weighted by Gasteiger charge is 2.50. The van der Waals surface area contributed by atoms with Crippen LogP contribution in [-0.4, -0.2) is 45.0 Å². The van der Waals surface area contributed by atoms with E-state index in [1.54, 1.807) is 0 Å². The molecule has 1 aliphatic rings. The number of amides is 4.